The summed E-state index contributed by atoms with van der Waals surface area (Å²) in [4.78, 5) is 12.7. The van der Waals surface area contributed by atoms with E-state index in [1.54, 1.807) is 7.11 Å². The summed E-state index contributed by atoms with van der Waals surface area (Å²) in [7, 11) is -0.304. The van der Waals surface area contributed by atoms with Crippen LogP contribution in [0.2, 0.25) is 18.1 Å². The SMILES string of the molecule is COc1ccc(CO[C@@]2(C)CCC(=O)O[C@H](C)[C@@H](C)CC/C=C(\C)[C@@H](O[Si](C)(C)C(C)(C)C)CC2)cc1. The number of carbonyl (C=O) groups is 1. The number of esters is 1. The topological polar surface area (TPSA) is 54.0 Å². The van der Waals surface area contributed by atoms with E-state index in [9.17, 15) is 4.79 Å². The van der Waals surface area contributed by atoms with Crippen molar-refractivity contribution in [2.45, 2.75) is 130 Å². The van der Waals surface area contributed by atoms with Gasteiger partial charge < -0.3 is 18.6 Å². The molecule has 0 amide bonds. The summed E-state index contributed by atoms with van der Waals surface area (Å²) in [6.07, 6.45) is 6.84. The molecule has 0 bridgehead atoms. The van der Waals surface area contributed by atoms with Crippen LogP contribution in [0, 0.1) is 5.92 Å². The molecule has 2 rings (SSSR count). The van der Waals surface area contributed by atoms with Crippen molar-refractivity contribution in [1.82, 2.24) is 0 Å². The molecule has 0 aliphatic carbocycles. The lowest BCUT2D eigenvalue weighted by molar-refractivity contribution is -0.153. The molecular weight excluding hydrogens is 480 g/mol. The normalized spacial score (nSPS) is 28.5. The highest BCUT2D eigenvalue weighted by atomic mass is 28.4. The van der Waals surface area contributed by atoms with Crippen LogP contribution in [0.5, 0.6) is 5.75 Å². The van der Waals surface area contributed by atoms with Crippen molar-refractivity contribution >= 4 is 14.3 Å². The average molecular weight is 533 g/mol. The van der Waals surface area contributed by atoms with Gasteiger partial charge in [-0.15, -0.1) is 0 Å². The Morgan fingerprint density at radius 3 is 2.32 bits per heavy atom. The quantitative estimate of drug-likeness (QED) is 0.210. The maximum Gasteiger partial charge on any atom is 0.306 e. The fourth-order valence-electron chi connectivity index (χ4n) is 4.29. The van der Waals surface area contributed by atoms with E-state index >= 15 is 0 Å². The van der Waals surface area contributed by atoms with Crippen LogP contribution in [0.3, 0.4) is 0 Å². The van der Waals surface area contributed by atoms with E-state index in [4.69, 9.17) is 18.6 Å². The van der Waals surface area contributed by atoms with Gasteiger partial charge in [-0.05, 0) is 100 Å². The molecule has 37 heavy (non-hydrogen) atoms. The van der Waals surface area contributed by atoms with Gasteiger partial charge in [-0.1, -0.05) is 45.9 Å². The van der Waals surface area contributed by atoms with Crippen molar-refractivity contribution in [3.63, 3.8) is 0 Å². The fourth-order valence-corrected chi connectivity index (χ4v) is 5.65. The van der Waals surface area contributed by atoms with Gasteiger partial charge in [-0.25, -0.2) is 0 Å². The van der Waals surface area contributed by atoms with E-state index in [1.807, 2.05) is 31.2 Å². The number of benzene rings is 1. The third-order valence-electron chi connectivity index (χ3n) is 8.50. The fraction of sp³-hybridized carbons (Fsp3) is 0.710. The molecule has 0 N–H and O–H groups in total. The predicted molar refractivity (Wildman–Crippen MR) is 154 cm³/mol. The van der Waals surface area contributed by atoms with Crippen molar-refractivity contribution in [1.29, 1.82) is 0 Å². The first-order chi connectivity index (χ1) is 17.2. The van der Waals surface area contributed by atoms with Crippen LogP contribution in [-0.2, 0) is 25.3 Å². The average Bonchev–Trinajstić information content (AvgIpc) is 2.83. The Kier molecular flexibility index (Phi) is 11.5. The highest BCUT2D eigenvalue weighted by Crippen LogP contribution is 2.39. The van der Waals surface area contributed by atoms with Crippen molar-refractivity contribution in [3.05, 3.63) is 41.5 Å². The van der Waals surface area contributed by atoms with E-state index in [-0.39, 0.29) is 23.2 Å². The van der Waals surface area contributed by atoms with Gasteiger partial charge in [0, 0.05) is 6.42 Å². The van der Waals surface area contributed by atoms with Crippen LogP contribution >= 0.6 is 0 Å². The van der Waals surface area contributed by atoms with Gasteiger partial charge in [0.15, 0.2) is 8.32 Å². The third-order valence-corrected chi connectivity index (χ3v) is 13.0. The zero-order valence-corrected chi connectivity index (χ0v) is 26.1. The van der Waals surface area contributed by atoms with Gasteiger partial charge in [-0.3, -0.25) is 4.79 Å². The van der Waals surface area contributed by atoms with Crippen molar-refractivity contribution < 1.29 is 23.4 Å². The number of cyclic esters (lactones) is 1. The minimum atomic E-state index is -1.97. The van der Waals surface area contributed by atoms with Gasteiger partial charge in [0.1, 0.15) is 11.9 Å². The molecule has 0 saturated carbocycles. The lowest BCUT2D eigenvalue weighted by Gasteiger charge is -2.41. The van der Waals surface area contributed by atoms with Gasteiger partial charge in [0.2, 0.25) is 0 Å². The molecule has 4 atom stereocenters. The minimum Gasteiger partial charge on any atom is -0.497 e. The monoisotopic (exact) mass is 532 g/mol. The smallest absolute Gasteiger partial charge is 0.306 e. The van der Waals surface area contributed by atoms with Crippen LogP contribution in [-0.4, -0.2) is 39.2 Å². The molecule has 0 unspecified atom stereocenters. The largest absolute Gasteiger partial charge is 0.497 e. The molecule has 5 nitrogen and oxygen atoms in total. The van der Waals surface area contributed by atoms with Gasteiger partial charge in [-0.2, -0.15) is 0 Å². The van der Waals surface area contributed by atoms with Crippen LogP contribution in [0.1, 0.15) is 92.6 Å². The van der Waals surface area contributed by atoms with Gasteiger partial charge in [0.25, 0.3) is 0 Å². The first-order valence-electron chi connectivity index (χ1n) is 14.0. The third kappa shape index (κ3) is 9.88. The Hall–Kier alpha value is -1.63. The Labute approximate surface area is 227 Å². The summed E-state index contributed by atoms with van der Waals surface area (Å²) in [6.45, 7) is 20.5. The van der Waals surface area contributed by atoms with E-state index in [0.717, 1.165) is 37.0 Å². The number of methoxy groups -OCH3 is 1. The first kappa shape index (κ1) is 31.6. The standard InChI is InChI=1S/C31H52O5Si/c1-23-12-11-13-24(2)28(36-37(9,10)30(4,5)6)18-20-31(7,21-19-29(32)35-25(23)3)34-22-26-14-16-27(33-8)17-15-26/h13-17,23,25,28H,11-12,18-22H2,1-10H3/b24-13+/t23-,25+,28-,31+/m0/s1. The van der Waals surface area contributed by atoms with Crippen molar-refractivity contribution in [3.8, 4) is 5.75 Å². The molecule has 1 heterocycles. The van der Waals surface area contributed by atoms with Gasteiger partial charge in [0.05, 0.1) is 25.4 Å². The number of ether oxygens (including phenoxy) is 3. The van der Waals surface area contributed by atoms with Crippen molar-refractivity contribution in [2.24, 2.45) is 5.92 Å². The van der Waals surface area contributed by atoms with Gasteiger partial charge >= 0.3 is 5.97 Å². The molecule has 1 aromatic rings. The summed E-state index contributed by atoms with van der Waals surface area (Å²) in [6, 6.07) is 7.95. The Balaban J connectivity index is 2.30. The molecule has 0 radical (unpaired) electrons. The Morgan fingerprint density at radius 1 is 1.08 bits per heavy atom. The second-order valence-electron chi connectivity index (χ2n) is 12.7. The number of allylic oxidation sites excluding steroid dienone is 1. The molecule has 0 aromatic heterocycles. The van der Waals surface area contributed by atoms with E-state index in [2.05, 4.69) is 60.7 Å². The summed E-state index contributed by atoms with van der Waals surface area (Å²) < 4.78 is 24.6. The molecule has 1 aliphatic heterocycles. The van der Waals surface area contributed by atoms with Crippen LogP contribution in [0.15, 0.2) is 35.9 Å². The zero-order chi connectivity index (χ0) is 27.9. The lowest BCUT2D eigenvalue weighted by Crippen LogP contribution is -2.44. The molecule has 0 saturated heterocycles. The number of hydrogen-bond donors (Lipinski definition) is 0. The predicted octanol–water partition coefficient (Wildman–Crippen LogP) is 8.23. The molecule has 210 valence electrons. The number of rotatable bonds is 6. The summed E-state index contributed by atoms with van der Waals surface area (Å²) in [5.41, 5.74) is 1.90. The van der Waals surface area contributed by atoms with E-state index in [1.165, 1.54) is 5.57 Å². The first-order valence-corrected chi connectivity index (χ1v) is 16.9. The summed E-state index contributed by atoms with van der Waals surface area (Å²) in [5, 5.41) is 0.133. The lowest BCUT2D eigenvalue weighted by atomic mass is 9.90. The molecular formula is C31H52O5Si. The van der Waals surface area contributed by atoms with E-state index in [0.29, 0.717) is 25.4 Å². The summed E-state index contributed by atoms with van der Waals surface area (Å²) in [5.74, 6) is 0.983. The van der Waals surface area contributed by atoms with Crippen molar-refractivity contribution in [2.75, 3.05) is 7.11 Å². The number of carbonyl (C=O) groups excluding carboxylic acids is 1. The van der Waals surface area contributed by atoms with Crippen LogP contribution in [0.25, 0.3) is 0 Å². The number of hydrogen-bond acceptors (Lipinski definition) is 5. The molecule has 1 aromatic carbocycles. The minimum absolute atomic E-state index is 0.0485. The second-order valence-corrected chi connectivity index (χ2v) is 17.4. The Morgan fingerprint density at radius 2 is 1.73 bits per heavy atom. The Bertz CT molecular complexity index is 886. The van der Waals surface area contributed by atoms with E-state index < -0.39 is 13.9 Å². The highest BCUT2D eigenvalue weighted by Gasteiger charge is 2.40. The molecule has 0 fully saturated rings. The molecule has 0 spiro atoms. The maximum atomic E-state index is 12.7. The van der Waals surface area contributed by atoms with Crippen LogP contribution < -0.4 is 4.74 Å². The highest BCUT2D eigenvalue weighted by molar-refractivity contribution is 6.74. The molecule has 1 aliphatic rings. The second kappa shape index (κ2) is 13.4. The zero-order valence-electron chi connectivity index (χ0n) is 25.1. The summed E-state index contributed by atoms with van der Waals surface area (Å²) >= 11 is 0. The van der Waals surface area contributed by atoms with Crippen LogP contribution in [0.4, 0.5) is 0 Å². The maximum absolute atomic E-state index is 12.7. The molecule has 6 heteroatoms.